The average molecular weight is 188 g/mol. The van der Waals surface area contributed by atoms with Gasteiger partial charge >= 0.3 is 0 Å². The van der Waals surface area contributed by atoms with Crippen LogP contribution >= 0.6 is 0 Å². The number of likely N-dealkylation sites (N-methyl/N-ethyl adjacent to an activating group) is 1. The van der Waals surface area contributed by atoms with Crippen LogP contribution in [0.5, 0.6) is 0 Å². The van der Waals surface area contributed by atoms with Gasteiger partial charge in [0.2, 0.25) is 5.91 Å². The van der Waals surface area contributed by atoms with Crippen LogP contribution in [0.2, 0.25) is 0 Å². The molecular weight excluding hydrogens is 168 g/mol. The van der Waals surface area contributed by atoms with Crippen molar-refractivity contribution in [2.45, 2.75) is 26.3 Å². The fraction of sp³-hybridized carbons (Fsp3) is 0.889. The van der Waals surface area contributed by atoms with Crippen molar-refractivity contribution < 1.29 is 9.53 Å². The quantitative estimate of drug-likeness (QED) is 0.607. The predicted octanol–water partition coefficient (Wildman–Crippen LogP) is 0.219. The first kappa shape index (κ1) is 12.4. The molecule has 0 aliphatic rings. The van der Waals surface area contributed by atoms with E-state index in [1.807, 2.05) is 6.92 Å². The molecule has 0 bridgehead atoms. The zero-order valence-corrected chi connectivity index (χ0v) is 8.75. The number of rotatable bonds is 6. The lowest BCUT2D eigenvalue weighted by Crippen LogP contribution is -2.37. The first-order valence-electron chi connectivity index (χ1n) is 4.67. The lowest BCUT2D eigenvalue weighted by molar-refractivity contribution is -0.136. The fourth-order valence-electron chi connectivity index (χ4n) is 0.864. The third kappa shape index (κ3) is 4.85. The minimum absolute atomic E-state index is 0.0165. The molecule has 1 unspecified atom stereocenters. The third-order valence-electron chi connectivity index (χ3n) is 2.13. The van der Waals surface area contributed by atoms with Crippen molar-refractivity contribution in [2.24, 2.45) is 5.73 Å². The van der Waals surface area contributed by atoms with Crippen LogP contribution in [0.3, 0.4) is 0 Å². The molecule has 0 saturated carbocycles. The second-order valence-electron chi connectivity index (χ2n) is 3.10. The number of hydrogen-bond acceptors (Lipinski definition) is 3. The van der Waals surface area contributed by atoms with Crippen molar-refractivity contribution in [2.75, 3.05) is 26.8 Å². The second-order valence-corrected chi connectivity index (χ2v) is 3.10. The molecule has 0 aliphatic heterocycles. The van der Waals surface area contributed by atoms with Crippen LogP contribution < -0.4 is 5.73 Å². The molecule has 4 nitrogen and oxygen atoms in total. The van der Waals surface area contributed by atoms with Crippen molar-refractivity contribution in [3.05, 3.63) is 0 Å². The summed E-state index contributed by atoms with van der Waals surface area (Å²) in [5.41, 5.74) is 5.23. The zero-order valence-electron chi connectivity index (χ0n) is 8.75. The molecule has 0 saturated heterocycles. The molecule has 4 heteroatoms. The number of carbonyl (C=O) groups is 1. The molecule has 0 aromatic carbocycles. The number of ether oxygens (including phenoxy) is 1. The van der Waals surface area contributed by atoms with Crippen LogP contribution in [0, 0.1) is 0 Å². The molecule has 0 aliphatic carbocycles. The van der Waals surface area contributed by atoms with Gasteiger partial charge in [-0.25, -0.2) is 0 Å². The Bertz CT molecular complexity index is 151. The lowest BCUT2D eigenvalue weighted by atomic mass is 10.2. The van der Waals surface area contributed by atoms with Gasteiger partial charge in [-0.15, -0.1) is 0 Å². The van der Waals surface area contributed by atoms with Gasteiger partial charge in [0, 0.05) is 19.6 Å². The van der Waals surface area contributed by atoms with Crippen LogP contribution in [-0.4, -0.2) is 43.7 Å². The van der Waals surface area contributed by atoms with E-state index in [4.69, 9.17) is 10.5 Å². The van der Waals surface area contributed by atoms with E-state index in [1.54, 1.807) is 11.9 Å². The average Bonchev–Trinajstić information content (AvgIpc) is 2.15. The highest BCUT2D eigenvalue weighted by Crippen LogP contribution is 2.00. The number of nitrogens with two attached hydrogens (primary N) is 1. The molecule has 0 spiro atoms. The van der Waals surface area contributed by atoms with E-state index in [1.165, 1.54) is 0 Å². The van der Waals surface area contributed by atoms with Crippen molar-refractivity contribution in [3.63, 3.8) is 0 Å². The summed E-state index contributed by atoms with van der Waals surface area (Å²) in [7, 11) is 1.79. The summed E-state index contributed by atoms with van der Waals surface area (Å²) in [5, 5.41) is 0. The highest BCUT2D eigenvalue weighted by Gasteiger charge is 2.13. The van der Waals surface area contributed by atoms with Crippen LogP contribution in [0.25, 0.3) is 0 Å². The van der Waals surface area contributed by atoms with Crippen molar-refractivity contribution >= 4 is 5.91 Å². The maximum atomic E-state index is 11.4. The molecule has 0 heterocycles. The van der Waals surface area contributed by atoms with Gasteiger partial charge in [0.15, 0.2) is 0 Å². The summed E-state index contributed by atoms with van der Waals surface area (Å²) in [6, 6.07) is 0.272. The Labute approximate surface area is 80.0 Å². The Balaban J connectivity index is 3.69. The van der Waals surface area contributed by atoms with Crippen LogP contribution in [-0.2, 0) is 9.53 Å². The van der Waals surface area contributed by atoms with Gasteiger partial charge < -0.3 is 15.4 Å². The number of amides is 1. The monoisotopic (exact) mass is 188 g/mol. The lowest BCUT2D eigenvalue weighted by Gasteiger charge is -2.23. The van der Waals surface area contributed by atoms with E-state index in [0.717, 1.165) is 6.42 Å². The first-order chi connectivity index (χ1) is 6.13. The molecule has 0 aromatic heterocycles. The van der Waals surface area contributed by atoms with Crippen LogP contribution in [0.15, 0.2) is 0 Å². The predicted molar refractivity (Wildman–Crippen MR) is 52.4 cm³/mol. The number of hydrogen-bond donors (Lipinski definition) is 1. The molecule has 78 valence electrons. The summed E-state index contributed by atoms with van der Waals surface area (Å²) < 4.78 is 5.04. The summed E-state index contributed by atoms with van der Waals surface area (Å²) in [4.78, 5) is 13.1. The highest BCUT2D eigenvalue weighted by atomic mass is 16.5. The van der Waals surface area contributed by atoms with Gasteiger partial charge in [0.1, 0.15) is 6.61 Å². The van der Waals surface area contributed by atoms with Crippen LogP contribution in [0.1, 0.15) is 20.3 Å². The van der Waals surface area contributed by atoms with E-state index in [-0.39, 0.29) is 18.6 Å². The third-order valence-corrected chi connectivity index (χ3v) is 2.13. The molecule has 2 N–H and O–H groups in total. The van der Waals surface area contributed by atoms with Gasteiger partial charge in [-0.2, -0.15) is 0 Å². The molecule has 0 rings (SSSR count). The Hall–Kier alpha value is -0.610. The van der Waals surface area contributed by atoms with Gasteiger partial charge in [0.05, 0.1) is 6.61 Å². The van der Waals surface area contributed by atoms with E-state index in [0.29, 0.717) is 13.2 Å². The van der Waals surface area contributed by atoms with E-state index >= 15 is 0 Å². The fourth-order valence-corrected chi connectivity index (χ4v) is 0.864. The standard InChI is InChI=1S/C9H20N2O2/c1-4-8(2)11(3)9(12)7-13-6-5-10/h8H,4-7,10H2,1-3H3. The molecule has 1 amide bonds. The van der Waals surface area contributed by atoms with E-state index in [2.05, 4.69) is 6.92 Å². The molecule has 0 radical (unpaired) electrons. The summed E-state index contributed by atoms with van der Waals surface area (Å²) in [5.74, 6) is 0.0165. The van der Waals surface area contributed by atoms with Crippen molar-refractivity contribution in [1.29, 1.82) is 0 Å². The Morgan fingerprint density at radius 2 is 2.23 bits per heavy atom. The maximum absolute atomic E-state index is 11.4. The summed E-state index contributed by atoms with van der Waals surface area (Å²) in [6.45, 7) is 5.11. The van der Waals surface area contributed by atoms with E-state index < -0.39 is 0 Å². The molecule has 13 heavy (non-hydrogen) atoms. The van der Waals surface area contributed by atoms with Gasteiger partial charge in [-0.1, -0.05) is 6.92 Å². The van der Waals surface area contributed by atoms with Gasteiger partial charge in [-0.05, 0) is 13.3 Å². The van der Waals surface area contributed by atoms with E-state index in [9.17, 15) is 4.79 Å². The Morgan fingerprint density at radius 1 is 1.62 bits per heavy atom. The summed E-state index contributed by atoms with van der Waals surface area (Å²) in [6.07, 6.45) is 0.957. The number of nitrogens with zero attached hydrogens (tertiary/aromatic N) is 1. The minimum Gasteiger partial charge on any atom is -0.370 e. The topological polar surface area (TPSA) is 55.6 Å². The SMILES string of the molecule is CCC(C)N(C)C(=O)COCCN. The van der Waals surface area contributed by atoms with Gasteiger partial charge in [-0.3, -0.25) is 4.79 Å². The van der Waals surface area contributed by atoms with Crippen LogP contribution in [0.4, 0.5) is 0 Å². The Morgan fingerprint density at radius 3 is 2.69 bits per heavy atom. The van der Waals surface area contributed by atoms with Crippen molar-refractivity contribution in [3.8, 4) is 0 Å². The minimum atomic E-state index is 0.0165. The maximum Gasteiger partial charge on any atom is 0.248 e. The summed E-state index contributed by atoms with van der Waals surface area (Å²) >= 11 is 0. The largest absolute Gasteiger partial charge is 0.370 e. The molecular formula is C9H20N2O2. The highest BCUT2D eigenvalue weighted by molar-refractivity contribution is 5.77. The first-order valence-corrected chi connectivity index (χ1v) is 4.67. The number of carbonyl (C=O) groups excluding carboxylic acids is 1. The molecule has 0 aromatic rings. The van der Waals surface area contributed by atoms with Crippen molar-refractivity contribution in [1.82, 2.24) is 4.90 Å². The molecule has 1 atom stereocenters. The normalized spacial score (nSPS) is 12.6. The molecule has 0 fully saturated rings. The zero-order chi connectivity index (χ0) is 10.3. The Kier molecular flexibility index (Phi) is 6.54. The smallest absolute Gasteiger partial charge is 0.248 e. The van der Waals surface area contributed by atoms with Gasteiger partial charge in [0.25, 0.3) is 0 Å². The second kappa shape index (κ2) is 6.86.